The second kappa shape index (κ2) is 11.2. The molecule has 0 aliphatic carbocycles. The maximum atomic E-state index is 14.2. The number of nitrogens with two attached hydrogens (primary N) is 1. The van der Waals surface area contributed by atoms with E-state index < -0.39 is 17.9 Å². The topological polar surface area (TPSA) is 47.7 Å². The fourth-order valence-corrected chi connectivity index (χ4v) is 6.09. The van der Waals surface area contributed by atoms with Gasteiger partial charge in [0, 0.05) is 35.4 Å². The number of alkyl halides is 4. The van der Waals surface area contributed by atoms with Crippen molar-refractivity contribution >= 4 is 27.1 Å². The summed E-state index contributed by atoms with van der Waals surface area (Å²) >= 11 is 1.27. The molecule has 40 heavy (non-hydrogen) atoms. The Kier molecular flexibility index (Phi) is 7.92. The summed E-state index contributed by atoms with van der Waals surface area (Å²) in [6.45, 7) is 4.72. The van der Waals surface area contributed by atoms with Gasteiger partial charge in [-0.25, -0.2) is 4.39 Å². The van der Waals surface area contributed by atoms with Crippen LogP contribution in [0.15, 0.2) is 54.6 Å². The number of fused-ring (bicyclic) bond motifs is 1. The number of thiophene rings is 1. The van der Waals surface area contributed by atoms with E-state index in [0.717, 1.165) is 42.4 Å². The highest BCUT2D eigenvalue weighted by molar-refractivity contribution is 7.23. The van der Waals surface area contributed by atoms with Crippen LogP contribution in [0.3, 0.4) is 0 Å². The molecule has 1 fully saturated rings. The molecule has 10 heteroatoms. The number of likely N-dealkylation sites (tertiary alicyclic amines) is 1. The Bertz CT molecular complexity index is 1500. The molecular formula is C30H29F5N2O2S. The number of nitrogen functional groups attached to an aromatic ring is 1. The summed E-state index contributed by atoms with van der Waals surface area (Å²) in [5.41, 5.74) is 7.56. The van der Waals surface area contributed by atoms with Gasteiger partial charge in [0.15, 0.2) is 5.75 Å². The van der Waals surface area contributed by atoms with Crippen LogP contribution in [-0.2, 0) is 0 Å². The van der Waals surface area contributed by atoms with Gasteiger partial charge in [0.1, 0.15) is 23.4 Å². The molecule has 2 N–H and O–H groups in total. The summed E-state index contributed by atoms with van der Waals surface area (Å²) in [5.74, 6) is -1.14. The average molecular weight is 577 g/mol. The summed E-state index contributed by atoms with van der Waals surface area (Å²) in [6.07, 6.45) is -4.01. The number of hydrogen-bond acceptors (Lipinski definition) is 5. The lowest BCUT2D eigenvalue weighted by molar-refractivity contribution is -0.146. The number of aryl methyl sites for hydroxylation is 1. The lowest BCUT2D eigenvalue weighted by Gasteiger charge is -2.38. The molecule has 4 aromatic rings. The molecule has 4 nitrogen and oxygen atoms in total. The Labute approximate surface area is 233 Å². The average Bonchev–Trinajstić information content (AvgIpc) is 3.26. The minimum absolute atomic E-state index is 0.0275. The molecule has 5 rings (SSSR count). The minimum Gasteiger partial charge on any atom is -0.488 e. The SMILES string of the molecule is Cc1c(N)ccc2c(Oc3ccc(OC4CN(CCCF)C4)cc3)c(-c3ccc(F)cc3C(C)C(F)(F)F)sc12. The van der Waals surface area contributed by atoms with Gasteiger partial charge >= 0.3 is 6.18 Å². The van der Waals surface area contributed by atoms with E-state index in [4.69, 9.17) is 15.2 Å². The van der Waals surface area contributed by atoms with Gasteiger partial charge in [-0.2, -0.15) is 13.2 Å². The largest absolute Gasteiger partial charge is 0.488 e. The van der Waals surface area contributed by atoms with Crippen LogP contribution in [0.4, 0.5) is 27.6 Å². The first-order valence-electron chi connectivity index (χ1n) is 13.0. The number of hydrogen-bond donors (Lipinski definition) is 1. The van der Waals surface area contributed by atoms with Gasteiger partial charge in [0.05, 0.1) is 17.5 Å². The first-order valence-corrected chi connectivity index (χ1v) is 13.8. The van der Waals surface area contributed by atoms with E-state index in [1.54, 1.807) is 36.4 Å². The molecule has 1 aliphatic heterocycles. The molecule has 2 heterocycles. The molecule has 1 aromatic heterocycles. The van der Waals surface area contributed by atoms with Gasteiger partial charge in [0.25, 0.3) is 0 Å². The van der Waals surface area contributed by atoms with Crippen LogP contribution in [0, 0.1) is 12.7 Å². The summed E-state index contributed by atoms with van der Waals surface area (Å²) < 4.78 is 80.9. The minimum atomic E-state index is -4.55. The molecule has 1 saturated heterocycles. The third-order valence-corrected chi connectivity index (χ3v) is 8.54. The molecule has 0 bridgehead atoms. The first-order chi connectivity index (χ1) is 19.0. The van der Waals surface area contributed by atoms with Crippen molar-refractivity contribution in [1.82, 2.24) is 4.90 Å². The molecule has 212 valence electrons. The number of benzene rings is 3. The summed E-state index contributed by atoms with van der Waals surface area (Å²) in [4.78, 5) is 2.58. The molecule has 3 aromatic carbocycles. The van der Waals surface area contributed by atoms with Crippen LogP contribution in [0.5, 0.6) is 17.2 Å². The monoisotopic (exact) mass is 576 g/mol. The van der Waals surface area contributed by atoms with Gasteiger partial charge in [-0.3, -0.25) is 9.29 Å². The van der Waals surface area contributed by atoms with E-state index in [1.165, 1.54) is 17.4 Å². The molecule has 1 aliphatic rings. The van der Waals surface area contributed by atoms with Gasteiger partial charge < -0.3 is 15.2 Å². The number of halogens is 5. The Morgan fingerprint density at radius 3 is 2.42 bits per heavy atom. The van der Waals surface area contributed by atoms with Crippen molar-refractivity contribution in [1.29, 1.82) is 0 Å². The standard InChI is InChI=1S/C30H29F5N2O2S/c1-17-26(36)11-10-24-27(39-21-7-5-20(6-8-21)38-22-15-37(16-22)13-3-12-31)29(40-28(17)24)23-9-4-19(32)14-25(23)18(2)30(33,34)35/h4-11,14,18,22H,3,12-13,15-16,36H2,1-2H3. The van der Waals surface area contributed by atoms with E-state index in [0.29, 0.717) is 46.2 Å². The van der Waals surface area contributed by atoms with Crippen LogP contribution in [0.1, 0.15) is 30.4 Å². The van der Waals surface area contributed by atoms with Crippen molar-refractivity contribution in [2.24, 2.45) is 0 Å². The predicted molar refractivity (Wildman–Crippen MR) is 149 cm³/mol. The van der Waals surface area contributed by atoms with Crippen molar-refractivity contribution in [3.63, 3.8) is 0 Å². The van der Waals surface area contributed by atoms with Gasteiger partial charge in [0.2, 0.25) is 0 Å². The van der Waals surface area contributed by atoms with Gasteiger partial charge in [-0.15, -0.1) is 11.3 Å². The van der Waals surface area contributed by atoms with E-state index in [2.05, 4.69) is 4.90 Å². The van der Waals surface area contributed by atoms with E-state index in [-0.39, 0.29) is 23.9 Å². The smallest absolute Gasteiger partial charge is 0.395 e. The Morgan fingerprint density at radius 1 is 1.05 bits per heavy atom. The molecular weight excluding hydrogens is 547 g/mol. The number of ether oxygens (including phenoxy) is 2. The Balaban J connectivity index is 1.47. The maximum absolute atomic E-state index is 14.2. The molecule has 0 radical (unpaired) electrons. The van der Waals surface area contributed by atoms with Crippen molar-refractivity contribution in [2.75, 3.05) is 32.0 Å². The lowest BCUT2D eigenvalue weighted by Crippen LogP contribution is -2.53. The first kappa shape index (κ1) is 28.2. The van der Waals surface area contributed by atoms with Crippen molar-refractivity contribution < 1.29 is 31.4 Å². The van der Waals surface area contributed by atoms with Gasteiger partial charge in [-0.05, 0) is 85.5 Å². The molecule has 0 spiro atoms. The summed E-state index contributed by atoms with van der Waals surface area (Å²) in [6, 6.07) is 14.0. The number of anilines is 1. The van der Waals surface area contributed by atoms with Crippen LogP contribution < -0.4 is 15.2 Å². The molecule has 0 amide bonds. The van der Waals surface area contributed by atoms with Gasteiger partial charge in [-0.1, -0.05) is 6.07 Å². The second-order valence-corrected chi connectivity index (χ2v) is 11.0. The maximum Gasteiger partial charge on any atom is 0.395 e. The van der Waals surface area contributed by atoms with Crippen molar-refractivity contribution in [2.45, 2.75) is 38.5 Å². The quantitative estimate of drug-likeness (QED) is 0.160. The highest BCUT2D eigenvalue weighted by atomic mass is 32.1. The summed E-state index contributed by atoms with van der Waals surface area (Å²) in [5, 5.41) is 0.699. The third kappa shape index (κ3) is 5.74. The van der Waals surface area contributed by atoms with Crippen LogP contribution >= 0.6 is 11.3 Å². The van der Waals surface area contributed by atoms with Crippen LogP contribution in [0.25, 0.3) is 20.5 Å². The fourth-order valence-electron chi connectivity index (χ4n) is 4.80. The van der Waals surface area contributed by atoms with Crippen molar-refractivity contribution in [3.8, 4) is 27.7 Å². The van der Waals surface area contributed by atoms with Crippen LogP contribution in [0.2, 0.25) is 0 Å². The highest BCUT2D eigenvalue weighted by Crippen LogP contribution is 2.51. The van der Waals surface area contributed by atoms with E-state index in [9.17, 15) is 22.0 Å². The van der Waals surface area contributed by atoms with E-state index >= 15 is 0 Å². The molecule has 1 unspecified atom stereocenters. The third-order valence-electron chi connectivity index (χ3n) is 7.20. The highest BCUT2D eigenvalue weighted by Gasteiger charge is 2.39. The Hall–Kier alpha value is -3.37. The normalized spacial score (nSPS) is 15.3. The zero-order chi connectivity index (χ0) is 28.6. The zero-order valence-electron chi connectivity index (χ0n) is 22.0. The lowest BCUT2D eigenvalue weighted by atomic mass is 9.93. The predicted octanol–water partition coefficient (Wildman–Crippen LogP) is 8.48. The number of rotatable bonds is 9. The fraction of sp³-hybridized carbons (Fsp3) is 0.333. The zero-order valence-corrected chi connectivity index (χ0v) is 22.8. The van der Waals surface area contributed by atoms with Crippen molar-refractivity contribution in [3.05, 3.63) is 71.5 Å². The summed E-state index contributed by atoms with van der Waals surface area (Å²) in [7, 11) is 0. The van der Waals surface area contributed by atoms with E-state index in [1.807, 2.05) is 6.92 Å². The molecule has 0 saturated carbocycles. The molecule has 1 atom stereocenters. The van der Waals surface area contributed by atoms with Crippen LogP contribution in [-0.4, -0.2) is 43.5 Å². The second-order valence-electron chi connectivity index (χ2n) is 10.0. The number of nitrogens with zero attached hydrogens (tertiary/aromatic N) is 1. The Morgan fingerprint density at radius 2 is 1.75 bits per heavy atom.